The van der Waals surface area contributed by atoms with Crippen molar-refractivity contribution in [3.63, 3.8) is 0 Å². The van der Waals surface area contributed by atoms with Crippen LogP contribution in [0.3, 0.4) is 0 Å². The lowest BCUT2D eigenvalue weighted by Crippen LogP contribution is -2.39. The zero-order valence-electron chi connectivity index (χ0n) is 14.1. The number of fused-ring (bicyclic) bond motifs is 2. The molecule has 1 fully saturated rings. The number of benzene rings is 1. The Hall–Kier alpha value is -2.54. The molecule has 1 aromatic carbocycles. The third kappa shape index (κ3) is 2.63. The van der Waals surface area contributed by atoms with Gasteiger partial charge in [-0.25, -0.2) is 4.98 Å². The molecule has 0 radical (unpaired) electrons. The van der Waals surface area contributed by atoms with Gasteiger partial charge in [0.25, 0.3) is 5.91 Å². The normalized spacial score (nSPS) is 19.7. The lowest BCUT2D eigenvalue weighted by Gasteiger charge is -2.31. The quantitative estimate of drug-likeness (QED) is 0.688. The van der Waals surface area contributed by atoms with E-state index in [-0.39, 0.29) is 11.8 Å². The Balaban J connectivity index is 1.38. The number of piperidine rings is 1. The number of likely N-dealkylation sites (tertiary alicyclic amines) is 1. The minimum atomic E-state index is 0.00237. The van der Waals surface area contributed by atoms with E-state index >= 15 is 0 Å². The number of aromatic nitrogens is 1. The van der Waals surface area contributed by atoms with Gasteiger partial charge < -0.3 is 18.8 Å². The third-order valence-electron chi connectivity index (χ3n) is 4.86. The van der Waals surface area contributed by atoms with Gasteiger partial charge in [-0.1, -0.05) is 12.1 Å². The molecular weight excluding hydrogens is 352 g/mol. The van der Waals surface area contributed by atoms with Crippen LogP contribution in [0.25, 0.3) is 11.1 Å². The molecule has 1 saturated heterocycles. The Morgan fingerprint density at radius 2 is 2.12 bits per heavy atom. The second-order valence-corrected chi connectivity index (χ2v) is 7.44. The number of nitrogens with zero attached hydrogens (tertiary/aromatic N) is 2. The average Bonchev–Trinajstić information content (AvgIpc) is 3.32. The lowest BCUT2D eigenvalue weighted by molar-refractivity contribution is 0.0695. The largest absolute Gasteiger partial charge is 0.485 e. The first-order valence-electron chi connectivity index (χ1n) is 8.81. The molecule has 0 spiro atoms. The number of ether oxygens (including phenoxy) is 2. The Morgan fingerprint density at radius 1 is 1.23 bits per heavy atom. The molecule has 4 heterocycles. The maximum absolute atomic E-state index is 13.0. The van der Waals surface area contributed by atoms with Crippen molar-refractivity contribution in [1.29, 1.82) is 0 Å². The predicted octanol–water partition coefficient (Wildman–Crippen LogP) is 3.68. The van der Waals surface area contributed by atoms with Crippen molar-refractivity contribution >= 4 is 28.3 Å². The van der Waals surface area contributed by atoms with Crippen LogP contribution in [0.15, 0.2) is 34.1 Å². The maximum Gasteiger partial charge on any atom is 0.267 e. The van der Waals surface area contributed by atoms with Gasteiger partial charge in [0, 0.05) is 18.5 Å². The molecule has 134 valence electrons. The second kappa shape index (κ2) is 6.32. The maximum atomic E-state index is 13.0. The van der Waals surface area contributed by atoms with E-state index in [4.69, 9.17) is 13.9 Å². The van der Waals surface area contributed by atoms with Gasteiger partial charge in [0.15, 0.2) is 23.0 Å². The minimum Gasteiger partial charge on any atom is -0.485 e. The zero-order valence-corrected chi connectivity index (χ0v) is 15.0. The molecule has 7 heteroatoms. The molecule has 5 rings (SSSR count). The van der Waals surface area contributed by atoms with Gasteiger partial charge >= 0.3 is 0 Å². The van der Waals surface area contributed by atoms with E-state index in [0.717, 1.165) is 36.4 Å². The number of hydrogen-bond acceptors (Lipinski definition) is 6. The van der Waals surface area contributed by atoms with Crippen molar-refractivity contribution in [2.45, 2.75) is 18.8 Å². The molecular formula is C19H18N2O4S. The van der Waals surface area contributed by atoms with Gasteiger partial charge in [0.2, 0.25) is 0 Å². The summed E-state index contributed by atoms with van der Waals surface area (Å²) in [7, 11) is 0. The van der Waals surface area contributed by atoms with Crippen LogP contribution in [-0.2, 0) is 0 Å². The molecule has 1 atom stereocenters. The zero-order chi connectivity index (χ0) is 17.5. The highest BCUT2D eigenvalue weighted by Crippen LogP contribution is 2.40. The van der Waals surface area contributed by atoms with E-state index in [1.54, 1.807) is 0 Å². The minimum absolute atomic E-state index is 0.00237. The van der Waals surface area contributed by atoms with Crippen LogP contribution in [0.4, 0.5) is 0 Å². The van der Waals surface area contributed by atoms with Crippen molar-refractivity contribution < 1.29 is 18.7 Å². The van der Waals surface area contributed by atoms with Crippen LogP contribution < -0.4 is 9.47 Å². The Labute approximate surface area is 154 Å². The highest BCUT2D eigenvalue weighted by atomic mass is 32.1. The summed E-state index contributed by atoms with van der Waals surface area (Å²) < 4.78 is 17.1. The van der Waals surface area contributed by atoms with E-state index in [1.165, 1.54) is 11.3 Å². The fourth-order valence-electron chi connectivity index (χ4n) is 3.58. The summed E-state index contributed by atoms with van der Waals surface area (Å²) in [6.45, 7) is 2.36. The first-order valence-corrected chi connectivity index (χ1v) is 9.69. The summed E-state index contributed by atoms with van der Waals surface area (Å²) in [5.74, 6) is 2.11. The predicted molar refractivity (Wildman–Crippen MR) is 97.2 cm³/mol. The van der Waals surface area contributed by atoms with Crippen LogP contribution in [0, 0.1) is 0 Å². The first-order chi connectivity index (χ1) is 12.8. The van der Waals surface area contributed by atoms with Gasteiger partial charge in [-0.3, -0.25) is 4.79 Å². The topological polar surface area (TPSA) is 64.8 Å². The molecule has 2 aliphatic rings. The van der Waals surface area contributed by atoms with Gasteiger partial charge in [-0.05, 0) is 25.0 Å². The van der Waals surface area contributed by atoms with Crippen LogP contribution >= 0.6 is 11.3 Å². The van der Waals surface area contributed by atoms with Crippen molar-refractivity contribution in [3.8, 4) is 11.5 Å². The summed E-state index contributed by atoms with van der Waals surface area (Å²) in [6.07, 6.45) is 1.90. The SMILES string of the molecule is O=C(c1scc2c1OCCO2)N1CCCC(c2nc3ccccc3o2)C1. The number of oxazole rings is 1. The molecule has 0 saturated carbocycles. The van der Waals surface area contributed by atoms with Crippen molar-refractivity contribution in [1.82, 2.24) is 9.88 Å². The van der Waals surface area contributed by atoms with Crippen molar-refractivity contribution in [2.75, 3.05) is 26.3 Å². The van der Waals surface area contributed by atoms with Crippen LogP contribution in [0.1, 0.15) is 34.3 Å². The summed E-state index contributed by atoms with van der Waals surface area (Å²) in [4.78, 5) is 20.2. The summed E-state index contributed by atoms with van der Waals surface area (Å²) in [5, 5.41) is 1.85. The molecule has 0 N–H and O–H groups in total. The Morgan fingerprint density at radius 3 is 3.04 bits per heavy atom. The standard InChI is InChI=1S/C19H18N2O4S/c22-19(17-16-15(11-26-17)23-8-9-24-16)21-7-3-4-12(10-21)18-20-13-5-1-2-6-14(13)25-18/h1-2,5-6,11-12H,3-4,7-10H2. The number of thiophene rings is 1. The molecule has 6 nitrogen and oxygen atoms in total. The smallest absolute Gasteiger partial charge is 0.267 e. The second-order valence-electron chi connectivity index (χ2n) is 6.57. The van der Waals surface area contributed by atoms with E-state index in [1.807, 2.05) is 34.5 Å². The summed E-state index contributed by atoms with van der Waals surface area (Å²) in [6, 6.07) is 7.76. The number of carbonyl (C=O) groups is 1. The number of carbonyl (C=O) groups excluding carboxylic acids is 1. The van der Waals surface area contributed by atoms with Gasteiger partial charge in [0.1, 0.15) is 23.6 Å². The molecule has 2 aromatic heterocycles. The number of rotatable bonds is 2. The number of hydrogen-bond donors (Lipinski definition) is 0. The molecule has 3 aromatic rings. The van der Waals surface area contributed by atoms with Crippen LogP contribution in [0.2, 0.25) is 0 Å². The van der Waals surface area contributed by atoms with Crippen molar-refractivity contribution in [3.05, 3.63) is 40.4 Å². The monoisotopic (exact) mass is 370 g/mol. The highest BCUT2D eigenvalue weighted by molar-refractivity contribution is 7.12. The molecule has 26 heavy (non-hydrogen) atoms. The van der Waals surface area contributed by atoms with Gasteiger partial charge in [-0.2, -0.15) is 0 Å². The summed E-state index contributed by atoms with van der Waals surface area (Å²) in [5.41, 5.74) is 1.66. The summed E-state index contributed by atoms with van der Waals surface area (Å²) >= 11 is 1.39. The fourth-order valence-corrected chi connectivity index (χ4v) is 4.48. The molecule has 1 unspecified atom stereocenters. The molecule has 1 amide bonds. The van der Waals surface area contributed by atoms with Crippen LogP contribution in [0.5, 0.6) is 11.5 Å². The third-order valence-corrected chi connectivity index (χ3v) is 5.79. The molecule has 0 bridgehead atoms. The molecule has 0 aliphatic carbocycles. The average molecular weight is 370 g/mol. The number of amides is 1. The Kier molecular flexibility index (Phi) is 3.81. The van der Waals surface area contributed by atoms with Crippen molar-refractivity contribution in [2.24, 2.45) is 0 Å². The highest BCUT2D eigenvalue weighted by Gasteiger charge is 2.32. The van der Waals surface area contributed by atoms with E-state index in [0.29, 0.717) is 36.1 Å². The van der Waals surface area contributed by atoms with E-state index < -0.39 is 0 Å². The number of para-hydroxylation sites is 2. The van der Waals surface area contributed by atoms with E-state index in [2.05, 4.69) is 4.98 Å². The Bertz CT molecular complexity index is 931. The first kappa shape index (κ1) is 15.7. The fraction of sp³-hybridized carbons (Fsp3) is 0.368. The lowest BCUT2D eigenvalue weighted by atomic mass is 9.98. The van der Waals surface area contributed by atoms with Gasteiger partial charge in [-0.15, -0.1) is 11.3 Å². The van der Waals surface area contributed by atoms with Gasteiger partial charge in [0.05, 0.1) is 5.92 Å². The molecule has 2 aliphatic heterocycles. The van der Waals surface area contributed by atoms with Crippen LogP contribution in [-0.4, -0.2) is 42.1 Å². The van der Waals surface area contributed by atoms with E-state index in [9.17, 15) is 4.79 Å².